The van der Waals surface area contributed by atoms with Crippen molar-refractivity contribution in [1.29, 1.82) is 0 Å². The first kappa shape index (κ1) is 28.4. The zero-order valence-corrected chi connectivity index (χ0v) is 23.6. The van der Waals surface area contributed by atoms with Crippen LogP contribution in [-0.2, 0) is 0 Å². The van der Waals surface area contributed by atoms with Gasteiger partial charge in [-0.15, -0.1) is 12.0 Å². The smallest absolute Gasteiger partial charge is 0.381 e. The molecule has 0 saturated heterocycles. The van der Waals surface area contributed by atoms with Crippen molar-refractivity contribution in [3.63, 3.8) is 0 Å². The number of alkyl halides is 3. The number of rotatable bonds is 7. The number of fused-ring (bicyclic) bond motifs is 1. The number of nitrogens with zero attached hydrogens (tertiary/aromatic N) is 3. The minimum absolute atomic E-state index is 0.0221. The summed E-state index contributed by atoms with van der Waals surface area (Å²) in [5, 5.41) is 9.19. The quantitative estimate of drug-likeness (QED) is 0.134. The molecule has 0 radical (unpaired) electrons. The van der Waals surface area contributed by atoms with Gasteiger partial charge in [0.2, 0.25) is 5.95 Å². The number of pyridine rings is 2. The number of anilines is 2. The molecule has 1 aliphatic heterocycles. The van der Waals surface area contributed by atoms with Gasteiger partial charge in [-0.2, -0.15) is 17.6 Å². The molecule has 3 aromatic rings. The van der Waals surface area contributed by atoms with E-state index < -0.39 is 23.7 Å². The van der Waals surface area contributed by atoms with Crippen molar-refractivity contribution in [2.75, 3.05) is 10.6 Å². The Bertz CT molecular complexity index is 1590. The van der Waals surface area contributed by atoms with E-state index in [4.69, 9.17) is 18.0 Å². The van der Waals surface area contributed by atoms with Crippen LogP contribution in [0.5, 0.6) is 0 Å². The lowest BCUT2D eigenvalue weighted by molar-refractivity contribution is -0.195. The molecule has 2 aliphatic carbocycles. The Hall–Kier alpha value is -3.75. The molecular weight excluding hydrogens is 570 g/mol. The van der Waals surface area contributed by atoms with E-state index in [1.54, 1.807) is 25.3 Å². The summed E-state index contributed by atoms with van der Waals surface area (Å²) in [4.78, 5) is 8.46. The summed E-state index contributed by atoms with van der Waals surface area (Å²) >= 11 is 6.74. The van der Waals surface area contributed by atoms with Crippen LogP contribution in [0.25, 0.3) is 10.9 Å². The van der Waals surface area contributed by atoms with Crippen molar-refractivity contribution in [2.24, 2.45) is 0 Å². The van der Waals surface area contributed by atoms with Gasteiger partial charge in [0.15, 0.2) is 5.54 Å². The van der Waals surface area contributed by atoms with E-state index in [-0.39, 0.29) is 18.9 Å². The fraction of sp³-hybridized carbons (Fsp3) is 0.400. The molecule has 2 saturated carbocycles. The number of halogens is 5. The number of hydrogen-bond acceptors (Lipinski definition) is 7. The fourth-order valence-corrected chi connectivity index (χ4v) is 6.15. The summed E-state index contributed by atoms with van der Waals surface area (Å²) in [6.45, 7) is 1.65. The van der Waals surface area contributed by atoms with Crippen LogP contribution in [0.2, 0.25) is 5.02 Å². The van der Waals surface area contributed by atoms with Crippen LogP contribution in [0.15, 0.2) is 42.4 Å². The summed E-state index contributed by atoms with van der Waals surface area (Å²) in [7, 11) is 0. The number of hydrogen-bond donors (Lipinski definition) is 4. The van der Waals surface area contributed by atoms with Crippen LogP contribution < -0.4 is 21.6 Å². The molecule has 12 heteroatoms. The Morgan fingerprint density at radius 2 is 1.95 bits per heavy atom. The van der Waals surface area contributed by atoms with Gasteiger partial charge in [0.05, 0.1) is 33.5 Å². The highest BCUT2D eigenvalue weighted by molar-refractivity contribution is 6.35. The lowest BCUT2D eigenvalue weighted by Gasteiger charge is -2.28. The predicted octanol–water partition coefficient (Wildman–Crippen LogP) is 6.87. The third-order valence-electron chi connectivity index (χ3n) is 8.36. The summed E-state index contributed by atoms with van der Waals surface area (Å²) in [6, 6.07) is 5.90. The molecule has 7 nitrogen and oxygen atoms in total. The van der Waals surface area contributed by atoms with Crippen molar-refractivity contribution in [1.82, 2.24) is 25.9 Å². The van der Waals surface area contributed by atoms with Crippen molar-refractivity contribution in [3.05, 3.63) is 70.2 Å². The molecule has 4 N–H and O–H groups in total. The lowest BCUT2D eigenvalue weighted by atomic mass is 9.94. The minimum Gasteiger partial charge on any atom is -0.381 e. The summed E-state index contributed by atoms with van der Waals surface area (Å²) in [5.41, 5.74) is 7.44. The Morgan fingerprint density at radius 3 is 2.62 bits per heavy atom. The van der Waals surface area contributed by atoms with Crippen LogP contribution >= 0.6 is 11.6 Å². The van der Waals surface area contributed by atoms with E-state index in [9.17, 15) is 17.6 Å². The molecule has 1 aromatic carbocycles. The van der Waals surface area contributed by atoms with Gasteiger partial charge < -0.3 is 16.1 Å². The van der Waals surface area contributed by atoms with E-state index >= 15 is 0 Å². The Kier molecular flexibility index (Phi) is 7.31. The number of nitrogens with one attached hydrogen (secondary N) is 4. The summed E-state index contributed by atoms with van der Waals surface area (Å²) in [6.07, 6.45) is 9.95. The second kappa shape index (κ2) is 10.8. The molecule has 3 heterocycles. The van der Waals surface area contributed by atoms with Crippen LogP contribution in [-0.4, -0.2) is 32.7 Å². The molecular formula is C30H30ClF4N7. The van der Waals surface area contributed by atoms with Gasteiger partial charge in [-0.1, -0.05) is 42.9 Å². The summed E-state index contributed by atoms with van der Waals surface area (Å²) in [5.74, 6) is 2.06. The first-order valence-corrected chi connectivity index (χ1v) is 14.3. The third kappa shape index (κ3) is 5.18. The number of benzene rings is 1. The molecule has 0 bridgehead atoms. The van der Waals surface area contributed by atoms with Crippen LogP contribution in [0.3, 0.4) is 0 Å². The first-order valence-electron chi connectivity index (χ1n) is 13.9. The van der Waals surface area contributed by atoms with Gasteiger partial charge in [0, 0.05) is 40.8 Å². The zero-order valence-electron chi connectivity index (χ0n) is 22.9. The SMILES string of the molecule is C#Cc1cnc2c(Cl)cc(N[C@H](C3=CN(C4(C(F)(F)F)CC4)NN3)c3ccc(F)nc3C)cc2c1NC1CCCCC1. The maximum Gasteiger partial charge on any atom is 0.413 e. The standard InChI is InChI=1S/C30H30ClF4N7/c1-3-18-15-36-27-22(26(18)38-19-7-5-4-6-8-19)13-20(14-23(27)31)39-28(21-9-10-25(32)37-17(21)2)24-16-42(41-40-24)29(11-12-29)30(33,34)35/h1,9-10,13-16,19,28,39-41H,4-8,11-12H2,2H3,(H,36,38)/t28-/m0/s1. The number of aryl methyl sites for hydroxylation is 1. The highest BCUT2D eigenvalue weighted by Crippen LogP contribution is 2.53. The average Bonchev–Trinajstić information content (AvgIpc) is 3.64. The van der Waals surface area contributed by atoms with E-state index in [1.807, 2.05) is 6.07 Å². The van der Waals surface area contributed by atoms with E-state index in [1.165, 1.54) is 18.7 Å². The van der Waals surface area contributed by atoms with Crippen molar-refractivity contribution >= 4 is 33.9 Å². The van der Waals surface area contributed by atoms with Gasteiger partial charge in [0.25, 0.3) is 0 Å². The summed E-state index contributed by atoms with van der Waals surface area (Å²) < 4.78 is 55.6. The molecule has 0 amide bonds. The topological polar surface area (TPSA) is 77.1 Å². The number of aromatic nitrogens is 2. The minimum atomic E-state index is -4.42. The fourth-order valence-electron chi connectivity index (χ4n) is 5.88. The van der Waals surface area contributed by atoms with E-state index in [0.29, 0.717) is 38.7 Å². The van der Waals surface area contributed by atoms with Crippen molar-refractivity contribution < 1.29 is 17.6 Å². The van der Waals surface area contributed by atoms with E-state index in [0.717, 1.165) is 41.8 Å². The van der Waals surface area contributed by atoms with Crippen LogP contribution in [0, 0.1) is 25.2 Å². The van der Waals surface area contributed by atoms with Gasteiger partial charge in [-0.25, -0.2) is 4.98 Å². The van der Waals surface area contributed by atoms with Gasteiger partial charge in [-0.3, -0.25) is 9.99 Å². The predicted molar refractivity (Wildman–Crippen MR) is 155 cm³/mol. The molecule has 42 heavy (non-hydrogen) atoms. The first-order chi connectivity index (χ1) is 20.1. The third-order valence-corrected chi connectivity index (χ3v) is 8.65. The number of hydrazine groups is 2. The highest BCUT2D eigenvalue weighted by Gasteiger charge is 2.67. The molecule has 0 spiro atoms. The molecule has 220 valence electrons. The normalized spacial score (nSPS) is 19.2. The Morgan fingerprint density at radius 1 is 1.19 bits per heavy atom. The highest BCUT2D eigenvalue weighted by atomic mass is 35.5. The molecule has 1 atom stereocenters. The Balaban J connectivity index is 1.41. The zero-order chi connectivity index (χ0) is 29.6. The monoisotopic (exact) mass is 599 g/mol. The largest absolute Gasteiger partial charge is 0.413 e. The van der Waals surface area contributed by atoms with Gasteiger partial charge in [-0.05, 0) is 50.8 Å². The number of terminal acetylenes is 1. The van der Waals surface area contributed by atoms with Gasteiger partial charge >= 0.3 is 6.18 Å². The maximum absolute atomic E-state index is 14.0. The van der Waals surface area contributed by atoms with Crippen molar-refractivity contribution in [2.45, 2.75) is 75.7 Å². The molecule has 2 fully saturated rings. The van der Waals surface area contributed by atoms with E-state index in [2.05, 4.69) is 37.5 Å². The molecule has 2 aromatic heterocycles. The maximum atomic E-state index is 14.0. The lowest BCUT2D eigenvalue weighted by Crippen LogP contribution is -2.52. The van der Waals surface area contributed by atoms with Crippen LogP contribution in [0.4, 0.5) is 28.9 Å². The van der Waals surface area contributed by atoms with Crippen LogP contribution in [0.1, 0.15) is 67.8 Å². The Labute approximate surface area is 246 Å². The second-order valence-electron chi connectivity index (χ2n) is 11.1. The molecule has 0 unspecified atom stereocenters. The van der Waals surface area contributed by atoms with Gasteiger partial charge in [0.1, 0.15) is 0 Å². The average molecular weight is 600 g/mol. The van der Waals surface area contributed by atoms with Crippen molar-refractivity contribution in [3.8, 4) is 12.3 Å². The second-order valence-corrected chi connectivity index (χ2v) is 11.5. The molecule has 3 aliphatic rings. The molecule has 6 rings (SSSR count).